The number of hydrogen-bond donors (Lipinski definition) is 1. The summed E-state index contributed by atoms with van der Waals surface area (Å²) in [5.41, 5.74) is 7.66. The highest BCUT2D eigenvalue weighted by atomic mass is 15.4. The van der Waals surface area contributed by atoms with Crippen molar-refractivity contribution >= 4 is 17.6 Å². The van der Waals surface area contributed by atoms with Gasteiger partial charge in [0.2, 0.25) is 5.95 Å². The zero-order valence-electron chi connectivity index (χ0n) is 14.7. The van der Waals surface area contributed by atoms with Crippen LogP contribution in [0.5, 0.6) is 0 Å². The second-order valence-corrected chi connectivity index (χ2v) is 6.32. The number of rotatable bonds is 6. The van der Waals surface area contributed by atoms with E-state index in [9.17, 15) is 0 Å². The van der Waals surface area contributed by atoms with Crippen LogP contribution in [0.3, 0.4) is 0 Å². The molecule has 2 aromatic heterocycles. The first-order valence-electron chi connectivity index (χ1n) is 8.20. The Bertz CT molecular complexity index is 759. The van der Waals surface area contributed by atoms with Gasteiger partial charge in [-0.15, -0.1) is 5.10 Å². The zero-order chi connectivity index (χ0) is 17.3. The average molecular weight is 328 g/mol. The number of amidine groups is 1. The largest absolute Gasteiger partial charge is 0.387 e. The summed E-state index contributed by atoms with van der Waals surface area (Å²) in [4.78, 5) is 19.8. The fourth-order valence-corrected chi connectivity index (χ4v) is 2.46. The van der Waals surface area contributed by atoms with Gasteiger partial charge in [0.05, 0.1) is 11.4 Å². The average Bonchev–Trinajstić information content (AvgIpc) is 3.32. The molecule has 0 aliphatic heterocycles. The van der Waals surface area contributed by atoms with Crippen LogP contribution in [0, 0.1) is 13.8 Å². The standard InChI is InChI=1S/C16H24N8/c1-10-9-18-11(2)15(19-10)20-13(17)7-8-14-21-16(22-24(14)4)23(3)12-5-6-12/h9,12H,5-8H2,1-4H3,(H2,17,19,20). The molecule has 0 aromatic carbocycles. The zero-order valence-corrected chi connectivity index (χ0v) is 14.7. The van der Waals surface area contributed by atoms with Gasteiger partial charge in [0.15, 0.2) is 5.82 Å². The first-order chi connectivity index (χ1) is 11.4. The van der Waals surface area contributed by atoms with Crippen molar-refractivity contribution in [1.29, 1.82) is 0 Å². The topological polar surface area (TPSA) is 98.1 Å². The van der Waals surface area contributed by atoms with Crippen molar-refractivity contribution in [3.05, 3.63) is 23.4 Å². The van der Waals surface area contributed by atoms with Gasteiger partial charge in [-0.25, -0.2) is 9.98 Å². The van der Waals surface area contributed by atoms with Crippen molar-refractivity contribution in [3.8, 4) is 0 Å². The molecule has 0 amide bonds. The van der Waals surface area contributed by atoms with E-state index < -0.39 is 0 Å². The van der Waals surface area contributed by atoms with Crippen LogP contribution in [0.4, 0.5) is 11.8 Å². The molecule has 3 rings (SSSR count). The third-order valence-electron chi connectivity index (χ3n) is 4.16. The predicted molar refractivity (Wildman–Crippen MR) is 93.5 cm³/mol. The van der Waals surface area contributed by atoms with Gasteiger partial charge in [-0.3, -0.25) is 9.67 Å². The molecule has 0 unspecified atom stereocenters. The lowest BCUT2D eigenvalue weighted by Crippen LogP contribution is -2.20. The molecule has 24 heavy (non-hydrogen) atoms. The Morgan fingerprint density at radius 3 is 2.83 bits per heavy atom. The van der Waals surface area contributed by atoms with Crippen LogP contribution < -0.4 is 10.6 Å². The summed E-state index contributed by atoms with van der Waals surface area (Å²) in [6.07, 6.45) is 5.47. The third kappa shape index (κ3) is 3.69. The van der Waals surface area contributed by atoms with Gasteiger partial charge in [0, 0.05) is 39.2 Å². The van der Waals surface area contributed by atoms with Gasteiger partial charge in [-0.05, 0) is 26.7 Å². The summed E-state index contributed by atoms with van der Waals surface area (Å²) in [7, 11) is 3.96. The lowest BCUT2D eigenvalue weighted by atomic mass is 10.3. The molecule has 1 fully saturated rings. The minimum absolute atomic E-state index is 0.526. The van der Waals surface area contributed by atoms with E-state index in [1.807, 2.05) is 32.6 Å². The molecule has 1 aliphatic rings. The minimum Gasteiger partial charge on any atom is -0.387 e. The number of hydrogen-bond acceptors (Lipinski definition) is 6. The highest BCUT2D eigenvalue weighted by molar-refractivity contribution is 5.83. The number of aryl methyl sites for hydroxylation is 4. The number of nitrogens with zero attached hydrogens (tertiary/aromatic N) is 7. The van der Waals surface area contributed by atoms with Gasteiger partial charge in [0.25, 0.3) is 0 Å². The molecule has 0 atom stereocenters. The Hall–Kier alpha value is -2.51. The Balaban J connectivity index is 1.66. The van der Waals surface area contributed by atoms with Gasteiger partial charge < -0.3 is 10.6 Å². The summed E-state index contributed by atoms with van der Waals surface area (Å²) >= 11 is 0. The maximum atomic E-state index is 6.06. The van der Waals surface area contributed by atoms with E-state index >= 15 is 0 Å². The Morgan fingerprint density at radius 1 is 1.38 bits per heavy atom. The lowest BCUT2D eigenvalue weighted by molar-refractivity contribution is 0.696. The first-order valence-corrected chi connectivity index (χ1v) is 8.20. The molecule has 0 radical (unpaired) electrons. The van der Waals surface area contributed by atoms with E-state index in [1.54, 1.807) is 6.20 Å². The molecular weight excluding hydrogens is 304 g/mol. The SMILES string of the molecule is Cc1cnc(C)c(N=C(N)CCc2nc(N(C)C3CC3)nn2C)n1. The fraction of sp³-hybridized carbons (Fsp3) is 0.562. The lowest BCUT2D eigenvalue weighted by Gasteiger charge is -2.12. The number of anilines is 1. The molecule has 2 aromatic rings. The van der Waals surface area contributed by atoms with E-state index in [0.717, 1.165) is 23.2 Å². The highest BCUT2D eigenvalue weighted by Crippen LogP contribution is 2.28. The van der Waals surface area contributed by atoms with Crippen molar-refractivity contribution in [1.82, 2.24) is 24.7 Å². The van der Waals surface area contributed by atoms with Crippen molar-refractivity contribution in [2.75, 3.05) is 11.9 Å². The van der Waals surface area contributed by atoms with E-state index in [-0.39, 0.29) is 0 Å². The highest BCUT2D eigenvalue weighted by Gasteiger charge is 2.28. The molecule has 1 saturated carbocycles. The van der Waals surface area contributed by atoms with Crippen LogP contribution in [0.25, 0.3) is 0 Å². The van der Waals surface area contributed by atoms with E-state index in [1.165, 1.54) is 12.8 Å². The molecule has 2 heterocycles. The Kier molecular flexibility index (Phi) is 4.46. The molecule has 0 bridgehead atoms. The first kappa shape index (κ1) is 16.4. The van der Waals surface area contributed by atoms with Gasteiger partial charge in [0.1, 0.15) is 11.7 Å². The maximum Gasteiger partial charge on any atom is 0.244 e. The molecule has 128 valence electrons. The number of aliphatic imine (C=N–C) groups is 1. The van der Waals surface area contributed by atoms with Crippen molar-refractivity contribution in [3.63, 3.8) is 0 Å². The summed E-state index contributed by atoms with van der Waals surface area (Å²) in [5.74, 6) is 2.80. The summed E-state index contributed by atoms with van der Waals surface area (Å²) < 4.78 is 1.82. The molecule has 8 heteroatoms. The molecule has 8 nitrogen and oxygen atoms in total. The van der Waals surface area contributed by atoms with Crippen LogP contribution in [-0.4, -0.2) is 43.7 Å². The molecule has 0 saturated heterocycles. The quantitative estimate of drug-likeness (QED) is 0.636. The monoisotopic (exact) mass is 328 g/mol. The second kappa shape index (κ2) is 6.54. The molecular formula is C16H24N8. The van der Waals surface area contributed by atoms with Crippen LogP contribution in [0.2, 0.25) is 0 Å². The number of aromatic nitrogens is 5. The summed E-state index contributed by atoms with van der Waals surface area (Å²) in [5, 5.41) is 4.49. The van der Waals surface area contributed by atoms with E-state index in [4.69, 9.17) is 5.73 Å². The van der Waals surface area contributed by atoms with Gasteiger partial charge >= 0.3 is 0 Å². The third-order valence-corrected chi connectivity index (χ3v) is 4.16. The minimum atomic E-state index is 0.526. The number of nitrogens with two attached hydrogens (primary N) is 1. The van der Waals surface area contributed by atoms with Gasteiger partial charge in [-0.1, -0.05) is 0 Å². The molecule has 2 N–H and O–H groups in total. The Labute approximate surface area is 141 Å². The second-order valence-electron chi connectivity index (χ2n) is 6.32. The molecule has 0 spiro atoms. The van der Waals surface area contributed by atoms with Crippen molar-refractivity contribution in [2.45, 2.75) is 45.6 Å². The van der Waals surface area contributed by atoms with E-state index in [0.29, 0.717) is 30.5 Å². The smallest absolute Gasteiger partial charge is 0.244 e. The van der Waals surface area contributed by atoms with Crippen LogP contribution >= 0.6 is 0 Å². The predicted octanol–water partition coefficient (Wildman–Crippen LogP) is 1.44. The summed E-state index contributed by atoms with van der Waals surface area (Å²) in [6, 6.07) is 0.592. The van der Waals surface area contributed by atoms with Crippen LogP contribution in [0.15, 0.2) is 11.2 Å². The van der Waals surface area contributed by atoms with Crippen LogP contribution in [-0.2, 0) is 13.5 Å². The fourth-order valence-electron chi connectivity index (χ4n) is 2.46. The summed E-state index contributed by atoms with van der Waals surface area (Å²) in [6.45, 7) is 3.76. The maximum absolute atomic E-state index is 6.06. The van der Waals surface area contributed by atoms with Gasteiger partial charge in [-0.2, -0.15) is 4.98 Å². The van der Waals surface area contributed by atoms with Crippen molar-refractivity contribution < 1.29 is 0 Å². The van der Waals surface area contributed by atoms with Crippen LogP contribution in [0.1, 0.15) is 36.5 Å². The van der Waals surface area contributed by atoms with E-state index in [2.05, 4.69) is 29.9 Å². The Morgan fingerprint density at radius 2 is 2.12 bits per heavy atom. The normalized spacial score (nSPS) is 14.9. The van der Waals surface area contributed by atoms with Crippen molar-refractivity contribution in [2.24, 2.45) is 17.8 Å². The molecule has 1 aliphatic carbocycles.